The molecule has 1 heterocycles. The van der Waals surface area contributed by atoms with Crippen LogP contribution >= 0.6 is 15.9 Å². The maximum Gasteiger partial charge on any atom is 0.225 e. The van der Waals surface area contributed by atoms with E-state index in [1.165, 1.54) is 11.3 Å². The first kappa shape index (κ1) is 16.3. The Hall–Kier alpha value is -1.07. The molecular weight excluding hydrogens is 330 g/mol. The van der Waals surface area contributed by atoms with Gasteiger partial charge in [-0.2, -0.15) is 0 Å². The molecule has 1 aromatic rings. The van der Waals surface area contributed by atoms with E-state index in [1.54, 1.807) is 0 Å². The number of halogens is 1. The number of nitrogens with zero attached hydrogens (tertiary/aromatic N) is 1. The maximum atomic E-state index is 11.6. The molecule has 1 atom stereocenters. The molecule has 116 valence electrons. The molecule has 0 aromatic heterocycles. The topological polar surface area (TPSA) is 58.4 Å². The summed E-state index contributed by atoms with van der Waals surface area (Å²) in [5, 5.41) is 3.44. The van der Waals surface area contributed by atoms with E-state index >= 15 is 0 Å². The molecule has 0 aliphatic carbocycles. The molecule has 1 unspecified atom stereocenters. The van der Waals surface area contributed by atoms with Gasteiger partial charge < -0.3 is 16.0 Å². The molecule has 4 nitrogen and oxygen atoms in total. The summed E-state index contributed by atoms with van der Waals surface area (Å²) in [6, 6.07) is 6.34. The summed E-state index contributed by atoms with van der Waals surface area (Å²) in [4.78, 5) is 13.9. The van der Waals surface area contributed by atoms with E-state index in [2.05, 4.69) is 51.3 Å². The number of anilines is 1. The third kappa shape index (κ3) is 3.77. The molecule has 21 heavy (non-hydrogen) atoms. The van der Waals surface area contributed by atoms with E-state index in [1.807, 2.05) is 6.92 Å². The van der Waals surface area contributed by atoms with Crippen molar-refractivity contribution in [3.05, 3.63) is 28.2 Å². The fourth-order valence-electron chi connectivity index (χ4n) is 2.75. The van der Waals surface area contributed by atoms with Crippen molar-refractivity contribution in [1.82, 2.24) is 5.32 Å². The minimum absolute atomic E-state index is 0.203. The molecule has 0 bridgehead atoms. The van der Waals surface area contributed by atoms with E-state index in [0.717, 1.165) is 36.9 Å². The Morgan fingerprint density at radius 2 is 2.29 bits per heavy atom. The Morgan fingerprint density at radius 3 is 2.90 bits per heavy atom. The molecule has 1 aliphatic rings. The molecule has 1 amide bonds. The van der Waals surface area contributed by atoms with Gasteiger partial charge in [-0.3, -0.25) is 4.79 Å². The number of primary amides is 1. The highest BCUT2D eigenvalue weighted by molar-refractivity contribution is 9.10. The summed E-state index contributed by atoms with van der Waals surface area (Å²) in [6.07, 6.45) is 1.94. The SMILES string of the molecule is CCCNCc1ccc(Br)cc1N1CCC(C)(C(N)=O)C1. The summed E-state index contributed by atoms with van der Waals surface area (Å²) in [6.45, 7) is 7.54. The summed E-state index contributed by atoms with van der Waals surface area (Å²) >= 11 is 3.54. The van der Waals surface area contributed by atoms with Crippen molar-refractivity contribution in [2.24, 2.45) is 11.1 Å². The fraction of sp³-hybridized carbons (Fsp3) is 0.562. The van der Waals surface area contributed by atoms with Gasteiger partial charge in [-0.25, -0.2) is 0 Å². The molecule has 0 spiro atoms. The molecule has 1 fully saturated rings. The molecule has 5 heteroatoms. The molecule has 2 rings (SSSR count). The Labute approximate surface area is 135 Å². The van der Waals surface area contributed by atoms with Crippen molar-refractivity contribution in [3.8, 4) is 0 Å². The van der Waals surface area contributed by atoms with Crippen LogP contribution in [0.25, 0.3) is 0 Å². The van der Waals surface area contributed by atoms with Crippen LogP contribution in [0.15, 0.2) is 22.7 Å². The number of benzene rings is 1. The second-order valence-corrected chi connectivity index (χ2v) is 6.96. The van der Waals surface area contributed by atoms with Crippen LogP contribution in [0.3, 0.4) is 0 Å². The van der Waals surface area contributed by atoms with Gasteiger partial charge in [-0.15, -0.1) is 0 Å². The second-order valence-electron chi connectivity index (χ2n) is 6.05. The van der Waals surface area contributed by atoms with Crippen molar-refractivity contribution in [2.45, 2.75) is 33.2 Å². The average Bonchev–Trinajstić information content (AvgIpc) is 2.84. The van der Waals surface area contributed by atoms with E-state index in [4.69, 9.17) is 5.73 Å². The number of nitrogens with one attached hydrogen (secondary N) is 1. The molecule has 3 N–H and O–H groups in total. The third-order valence-corrected chi connectivity index (χ3v) is 4.69. The van der Waals surface area contributed by atoms with Crippen LogP contribution in [0.5, 0.6) is 0 Å². The quantitative estimate of drug-likeness (QED) is 0.773. The first-order valence-electron chi connectivity index (χ1n) is 7.50. The lowest BCUT2D eigenvalue weighted by atomic mass is 9.89. The van der Waals surface area contributed by atoms with Crippen LogP contribution in [0.2, 0.25) is 0 Å². The number of hydrogen-bond donors (Lipinski definition) is 2. The van der Waals surface area contributed by atoms with Gasteiger partial charge in [0, 0.05) is 29.8 Å². The van der Waals surface area contributed by atoms with Crippen LogP contribution in [-0.2, 0) is 11.3 Å². The predicted octanol–water partition coefficient (Wildman–Crippen LogP) is 2.65. The Morgan fingerprint density at radius 1 is 1.52 bits per heavy atom. The number of rotatable bonds is 6. The molecular formula is C16H24BrN3O. The molecule has 1 saturated heterocycles. The lowest BCUT2D eigenvalue weighted by molar-refractivity contribution is -0.125. The number of amides is 1. The smallest absolute Gasteiger partial charge is 0.225 e. The maximum absolute atomic E-state index is 11.6. The third-order valence-electron chi connectivity index (χ3n) is 4.20. The number of hydrogen-bond acceptors (Lipinski definition) is 3. The van der Waals surface area contributed by atoms with E-state index < -0.39 is 5.41 Å². The van der Waals surface area contributed by atoms with Crippen molar-refractivity contribution in [1.29, 1.82) is 0 Å². The largest absolute Gasteiger partial charge is 0.370 e. The Bertz CT molecular complexity index is 520. The van der Waals surface area contributed by atoms with Crippen molar-refractivity contribution < 1.29 is 4.79 Å². The van der Waals surface area contributed by atoms with E-state index in [9.17, 15) is 4.79 Å². The lowest BCUT2D eigenvalue weighted by Crippen LogP contribution is -2.37. The van der Waals surface area contributed by atoms with Gasteiger partial charge in [-0.05, 0) is 44.0 Å². The summed E-state index contributed by atoms with van der Waals surface area (Å²) < 4.78 is 1.06. The zero-order valence-electron chi connectivity index (χ0n) is 12.8. The van der Waals surface area contributed by atoms with Crippen LogP contribution in [0.1, 0.15) is 32.3 Å². The highest BCUT2D eigenvalue weighted by atomic mass is 79.9. The monoisotopic (exact) mass is 353 g/mol. The summed E-state index contributed by atoms with van der Waals surface area (Å²) in [5.74, 6) is -0.203. The van der Waals surface area contributed by atoms with Gasteiger partial charge in [-0.1, -0.05) is 28.9 Å². The molecule has 1 aliphatic heterocycles. The molecule has 1 aromatic carbocycles. The standard InChI is InChI=1S/C16H24BrN3O/c1-3-7-19-10-12-4-5-13(17)9-14(12)20-8-6-16(2,11-20)15(18)21/h4-5,9,19H,3,6-8,10-11H2,1-2H3,(H2,18,21). The van der Waals surface area contributed by atoms with Gasteiger partial charge in [0.2, 0.25) is 5.91 Å². The molecule has 0 radical (unpaired) electrons. The highest BCUT2D eigenvalue weighted by Gasteiger charge is 2.39. The summed E-state index contributed by atoms with van der Waals surface area (Å²) in [7, 11) is 0. The van der Waals surface area contributed by atoms with Gasteiger partial charge in [0.1, 0.15) is 0 Å². The van der Waals surface area contributed by atoms with Gasteiger partial charge in [0.25, 0.3) is 0 Å². The predicted molar refractivity (Wildman–Crippen MR) is 90.3 cm³/mol. The zero-order valence-corrected chi connectivity index (χ0v) is 14.4. The van der Waals surface area contributed by atoms with E-state index in [0.29, 0.717) is 6.54 Å². The number of nitrogens with two attached hydrogens (primary N) is 1. The van der Waals surface area contributed by atoms with Crippen LogP contribution in [0, 0.1) is 5.41 Å². The zero-order chi connectivity index (χ0) is 15.5. The van der Waals surface area contributed by atoms with Gasteiger partial charge in [0.15, 0.2) is 0 Å². The fourth-order valence-corrected chi connectivity index (χ4v) is 3.10. The average molecular weight is 354 g/mol. The minimum Gasteiger partial charge on any atom is -0.370 e. The normalized spacial score (nSPS) is 21.8. The van der Waals surface area contributed by atoms with Gasteiger partial charge in [0.05, 0.1) is 5.41 Å². The Kier molecular flexibility index (Phi) is 5.27. The first-order valence-corrected chi connectivity index (χ1v) is 8.29. The number of carbonyl (C=O) groups is 1. The van der Waals surface area contributed by atoms with Crippen molar-refractivity contribution >= 4 is 27.5 Å². The van der Waals surface area contributed by atoms with Crippen molar-refractivity contribution in [2.75, 3.05) is 24.5 Å². The highest BCUT2D eigenvalue weighted by Crippen LogP contribution is 2.35. The summed E-state index contributed by atoms with van der Waals surface area (Å²) in [5.41, 5.74) is 7.59. The Balaban J connectivity index is 2.19. The number of carbonyl (C=O) groups excluding carboxylic acids is 1. The van der Waals surface area contributed by atoms with Crippen LogP contribution in [-0.4, -0.2) is 25.5 Å². The van der Waals surface area contributed by atoms with Crippen LogP contribution in [0.4, 0.5) is 5.69 Å². The molecule has 0 saturated carbocycles. The van der Waals surface area contributed by atoms with Crippen molar-refractivity contribution in [3.63, 3.8) is 0 Å². The van der Waals surface area contributed by atoms with E-state index in [-0.39, 0.29) is 5.91 Å². The second kappa shape index (κ2) is 6.79. The van der Waals surface area contributed by atoms with Crippen LogP contribution < -0.4 is 16.0 Å². The lowest BCUT2D eigenvalue weighted by Gasteiger charge is -2.25. The van der Waals surface area contributed by atoms with Gasteiger partial charge >= 0.3 is 0 Å². The first-order chi connectivity index (χ1) is 9.96. The minimum atomic E-state index is -0.420.